The molecule has 1 heteroatoms. The molecule has 0 spiro atoms. The van der Waals surface area contributed by atoms with Gasteiger partial charge in [-0.05, 0) is 69.3 Å². The molecule has 5 rings (SSSR count). The highest BCUT2D eigenvalue weighted by Gasteiger charge is 2.08. The van der Waals surface area contributed by atoms with Crippen LogP contribution in [0.1, 0.15) is 54.0 Å². The van der Waals surface area contributed by atoms with Crippen LogP contribution in [0.4, 0.5) is 4.39 Å². The highest BCUT2D eigenvalue weighted by Crippen LogP contribution is 2.26. The maximum Gasteiger partial charge on any atom is 0.131 e. The van der Waals surface area contributed by atoms with Crippen LogP contribution in [-0.2, 0) is 12.8 Å². The lowest BCUT2D eigenvalue weighted by Crippen LogP contribution is -1.98. The summed E-state index contributed by atoms with van der Waals surface area (Å²) >= 11 is 0. The van der Waals surface area contributed by atoms with Gasteiger partial charge in [0, 0.05) is 5.56 Å². The van der Waals surface area contributed by atoms with E-state index in [1.54, 1.807) is 6.07 Å². The summed E-state index contributed by atoms with van der Waals surface area (Å²) in [6.07, 6.45) is 7.07. The van der Waals surface area contributed by atoms with Crippen molar-refractivity contribution in [1.82, 2.24) is 0 Å². The van der Waals surface area contributed by atoms with Crippen molar-refractivity contribution < 1.29 is 4.39 Å². The second-order valence-electron chi connectivity index (χ2n) is 10.4. The molecule has 0 aliphatic carbocycles. The lowest BCUT2D eigenvalue weighted by Gasteiger charge is -2.12. The smallest absolute Gasteiger partial charge is 0.131 e. The van der Waals surface area contributed by atoms with Crippen molar-refractivity contribution in [2.45, 2.75) is 39.0 Å². The Labute approximate surface area is 232 Å². The minimum absolute atomic E-state index is 0.214. The molecule has 0 aliphatic rings. The fraction of sp³-hybridized carbons (Fsp3) is 0.158. The highest BCUT2D eigenvalue weighted by atomic mass is 19.1. The summed E-state index contributed by atoms with van der Waals surface area (Å²) in [4.78, 5) is 0. The van der Waals surface area contributed by atoms with Gasteiger partial charge in [-0.15, -0.1) is 0 Å². The zero-order valence-corrected chi connectivity index (χ0v) is 22.8. The van der Waals surface area contributed by atoms with Gasteiger partial charge in [-0.25, -0.2) is 4.39 Å². The summed E-state index contributed by atoms with van der Waals surface area (Å²) in [5, 5.41) is 0. The molecule has 0 saturated heterocycles. The Balaban J connectivity index is 1.23. The van der Waals surface area contributed by atoms with Crippen molar-refractivity contribution in [3.05, 3.63) is 155 Å². The van der Waals surface area contributed by atoms with Crippen molar-refractivity contribution in [3.63, 3.8) is 0 Å². The summed E-state index contributed by atoms with van der Waals surface area (Å²) in [5.74, 6) is 0.239. The van der Waals surface area contributed by atoms with E-state index >= 15 is 0 Å². The van der Waals surface area contributed by atoms with Crippen molar-refractivity contribution in [3.8, 4) is 22.3 Å². The summed E-state index contributed by atoms with van der Waals surface area (Å²) in [5.41, 5.74) is 9.96. The summed E-state index contributed by atoms with van der Waals surface area (Å²) in [6.45, 7) is 4.46. The van der Waals surface area contributed by atoms with Crippen LogP contribution >= 0.6 is 0 Å². The molecule has 5 aromatic carbocycles. The third-order valence-corrected chi connectivity index (χ3v) is 7.39. The van der Waals surface area contributed by atoms with E-state index in [0.717, 1.165) is 36.0 Å². The third-order valence-electron chi connectivity index (χ3n) is 7.39. The molecular formula is C38H35F. The maximum absolute atomic E-state index is 15.0. The normalized spacial score (nSPS) is 12.1. The number of benzene rings is 5. The third kappa shape index (κ3) is 6.81. The van der Waals surface area contributed by atoms with Crippen molar-refractivity contribution >= 4 is 12.2 Å². The minimum atomic E-state index is -0.214. The van der Waals surface area contributed by atoms with Crippen molar-refractivity contribution in [2.24, 2.45) is 0 Å². The topological polar surface area (TPSA) is 0 Å². The molecule has 0 heterocycles. The first-order valence-corrected chi connectivity index (χ1v) is 13.9. The first-order valence-electron chi connectivity index (χ1n) is 13.9. The van der Waals surface area contributed by atoms with E-state index < -0.39 is 0 Å². The molecular weight excluding hydrogens is 475 g/mol. The van der Waals surface area contributed by atoms with Gasteiger partial charge in [0.05, 0.1) is 0 Å². The second-order valence-corrected chi connectivity index (χ2v) is 10.4. The number of hydrogen-bond donors (Lipinski definition) is 0. The minimum Gasteiger partial charge on any atom is -0.206 e. The molecule has 0 radical (unpaired) electrons. The number of rotatable bonds is 9. The Bertz CT molecular complexity index is 1510. The van der Waals surface area contributed by atoms with Gasteiger partial charge in [0.25, 0.3) is 0 Å². The number of halogens is 1. The summed E-state index contributed by atoms with van der Waals surface area (Å²) in [6, 6.07) is 41.8. The Morgan fingerprint density at radius 3 is 1.79 bits per heavy atom. The van der Waals surface area contributed by atoms with Crippen LogP contribution < -0.4 is 0 Å². The quantitative estimate of drug-likeness (QED) is 0.173. The van der Waals surface area contributed by atoms with Crippen LogP contribution in [0.15, 0.2) is 121 Å². The van der Waals surface area contributed by atoms with E-state index in [2.05, 4.69) is 117 Å². The van der Waals surface area contributed by atoms with Crippen molar-refractivity contribution in [1.29, 1.82) is 0 Å². The van der Waals surface area contributed by atoms with E-state index in [1.807, 2.05) is 24.3 Å². The molecule has 0 bridgehead atoms. The lowest BCUT2D eigenvalue weighted by molar-refractivity contribution is 0.625. The van der Waals surface area contributed by atoms with Crippen LogP contribution in [-0.4, -0.2) is 0 Å². The SMILES string of the molecule is CCCc1ccc(-c2ccc(/C=C/c3ccc(-c4ccc(CC(C)c5ccccc5)cc4)cc3F)cc2)cc1. The monoisotopic (exact) mass is 510 g/mol. The highest BCUT2D eigenvalue weighted by molar-refractivity contribution is 5.74. The van der Waals surface area contributed by atoms with Gasteiger partial charge in [-0.2, -0.15) is 0 Å². The van der Waals surface area contributed by atoms with Gasteiger partial charge in [0.2, 0.25) is 0 Å². The van der Waals surface area contributed by atoms with Gasteiger partial charge in [0.15, 0.2) is 0 Å². The summed E-state index contributed by atoms with van der Waals surface area (Å²) < 4.78 is 15.0. The molecule has 0 saturated carbocycles. The van der Waals surface area contributed by atoms with E-state index in [1.165, 1.54) is 27.8 Å². The maximum atomic E-state index is 15.0. The molecule has 0 fully saturated rings. The van der Waals surface area contributed by atoms with Gasteiger partial charge in [0.1, 0.15) is 5.82 Å². The number of aryl methyl sites for hydroxylation is 1. The predicted octanol–water partition coefficient (Wildman–Crippen LogP) is 10.6. The van der Waals surface area contributed by atoms with Gasteiger partial charge in [-0.1, -0.05) is 148 Å². The molecule has 0 aromatic heterocycles. The van der Waals surface area contributed by atoms with E-state index in [-0.39, 0.29) is 5.82 Å². The average Bonchev–Trinajstić information content (AvgIpc) is 2.98. The molecule has 194 valence electrons. The molecule has 39 heavy (non-hydrogen) atoms. The Morgan fingerprint density at radius 2 is 1.18 bits per heavy atom. The molecule has 0 amide bonds. The van der Waals surface area contributed by atoms with Crippen LogP contribution in [0.25, 0.3) is 34.4 Å². The van der Waals surface area contributed by atoms with Crippen LogP contribution in [0.5, 0.6) is 0 Å². The molecule has 1 unspecified atom stereocenters. The van der Waals surface area contributed by atoms with Gasteiger partial charge >= 0.3 is 0 Å². The lowest BCUT2D eigenvalue weighted by atomic mass is 9.93. The first kappa shape index (κ1) is 26.4. The molecule has 5 aromatic rings. The molecule has 1 atom stereocenters. The predicted molar refractivity (Wildman–Crippen MR) is 165 cm³/mol. The zero-order valence-electron chi connectivity index (χ0n) is 22.8. The second kappa shape index (κ2) is 12.5. The van der Waals surface area contributed by atoms with E-state index in [0.29, 0.717) is 11.5 Å². The molecule has 0 N–H and O–H groups in total. The fourth-order valence-corrected chi connectivity index (χ4v) is 5.05. The number of hydrogen-bond acceptors (Lipinski definition) is 0. The molecule has 0 aliphatic heterocycles. The van der Waals surface area contributed by atoms with Crippen LogP contribution in [0.3, 0.4) is 0 Å². The van der Waals surface area contributed by atoms with Gasteiger partial charge in [-0.3, -0.25) is 0 Å². The fourth-order valence-electron chi connectivity index (χ4n) is 5.05. The standard InChI is InChI=1S/C38H35F/c1-3-7-29-10-17-33(18-11-29)34-19-12-30(13-20-34)14-23-36-24-25-37(27-38(36)39)35-21-15-31(16-22-35)26-28(2)32-8-5-4-6-9-32/h4-6,8-25,27-28H,3,7,26H2,1-2H3/b23-14+. The summed E-state index contributed by atoms with van der Waals surface area (Å²) in [7, 11) is 0. The van der Waals surface area contributed by atoms with Gasteiger partial charge < -0.3 is 0 Å². The van der Waals surface area contributed by atoms with E-state index in [4.69, 9.17) is 0 Å². The van der Waals surface area contributed by atoms with Crippen LogP contribution in [0.2, 0.25) is 0 Å². The first-order chi connectivity index (χ1) is 19.1. The average molecular weight is 511 g/mol. The Kier molecular flexibility index (Phi) is 8.48. The van der Waals surface area contributed by atoms with Crippen LogP contribution in [0, 0.1) is 5.82 Å². The molecule has 0 nitrogen and oxygen atoms in total. The Hall–Kier alpha value is -4.23. The van der Waals surface area contributed by atoms with E-state index in [9.17, 15) is 4.39 Å². The van der Waals surface area contributed by atoms with Crippen molar-refractivity contribution in [2.75, 3.05) is 0 Å². The zero-order chi connectivity index (χ0) is 27.0. The Morgan fingerprint density at radius 1 is 0.615 bits per heavy atom. The largest absolute Gasteiger partial charge is 0.206 e.